The standard InChI is InChI=1S/C30H22F12Te/c1-43(2,23-11-3-19(4-12-23)27(31,32)33,24-13-5-20(6-14-24)28(34,35)36,25-15-7-21(8-16-25)29(37,38)39)26-17-9-22(10-18-26)30(40,41)42/h3-18H,1-2H3/i1D3,2D3. The molecule has 0 N–H and O–H groups in total. The van der Waals surface area contributed by atoms with Gasteiger partial charge in [0.15, 0.2) is 0 Å². The van der Waals surface area contributed by atoms with E-state index in [0.29, 0.717) is 48.5 Å². The zero-order chi connectivity index (χ0) is 37.3. The summed E-state index contributed by atoms with van der Waals surface area (Å²) in [5.74, 6) is 0. The SMILES string of the molecule is [2H]C([2H])([2H])[Te](c1ccc(C(F)(F)F)cc1)(c1ccc(C(F)(F)F)cc1)(c1ccc(C(F)(F)F)cc1)(c1ccc(C(F)(F)F)cc1)C([2H])([2H])[2H]. The summed E-state index contributed by atoms with van der Waals surface area (Å²) in [6, 6.07) is 5.96. The van der Waals surface area contributed by atoms with Crippen LogP contribution in [0, 0.1) is 0 Å². The zero-order valence-electron chi connectivity index (χ0n) is 27.2. The minimum absolute atomic E-state index is 0.287. The first kappa shape index (κ1) is 25.2. The molecule has 4 aromatic rings. The van der Waals surface area contributed by atoms with Gasteiger partial charge in [0.05, 0.1) is 0 Å². The van der Waals surface area contributed by atoms with Gasteiger partial charge in [-0.1, -0.05) is 0 Å². The van der Waals surface area contributed by atoms with Crippen molar-refractivity contribution >= 4 is 29.9 Å². The molecule has 43 heavy (non-hydrogen) atoms. The van der Waals surface area contributed by atoms with E-state index in [4.69, 9.17) is 0 Å². The van der Waals surface area contributed by atoms with E-state index < -0.39 is 86.6 Å². The van der Waals surface area contributed by atoms with Crippen molar-refractivity contribution in [2.75, 3.05) is 0 Å². The molecule has 0 aliphatic rings. The molecular weight excluding hydrogens is 716 g/mol. The second-order valence-electron chi connectivity index (χ2n) is 9.62. The van der Waals surface area contributed by atoms with E-state index in [9.17, 15) is 60.9 Å². The van der Waals surface area contributed by atoms with Gasteiger partial charge >= 0.3 is 245 Å². The van der Waals surface area contributed by atoms with E-state index >= 15 is 0 Å². The molecular formula is C30H22F12Te. The predicted molar refractivity (Wildman–Crippen MR) is 142 cm³/mol. The molecule has 0 radical (unpaired) electrons. The molecule has 0 aliphatic carbocycles. The fraction of sp³-hybridized carbons (Fsp3) is 0.200. The van der Waals surface area contributed by atoms with Gasteiger partial charge in [0.25, 0.3) is 0 Å². The summed E-state index contributed by atoms with van der Waals surface area (Å²) in [7, 11) is 0. The maximum absolute atomic E-state index is 13.8. The van der Waals surface area contributed by atoms with E-state index in [2.05, 4.69) is 0 Å². The van der Waals surface area contributed by atoms with Crippen LogP contribution in [0.2, 0.25) is 9.80 Å². The number of hydrogen-bond acceptors (Lipinski definition) is 0. The molecule has 232 valence electrons. The molecule has 0 heterocycles. The normalized spacial score (nSPS) is 17.8. The van der Waals surface area contributed by atoms with Gasteiger partial charge < -0.3 is 0 Å². The Labute approximate surface area is 244 Å². The molecule has 0 unspecified atom stereocenters. The summed E-state index contributed by atoms with van der Waals surface area (Å²) in [5.41, 5.74) is -5.77. The van der Waals surface area contributed by atoms with Gasteiger partial charge in [-0.05, 0) is 0 Å². The van der Waals surface area contributed by atoms with Crippen molar-refractivity contribution < 1.29 is 60.9 Å². The quantitative estimate of drug-likeness (QED) is 0.146. The van der Waals surface area contributed by atoms with Crippen LogP contribution < -0.4 is 14.4 Å². The Hall–Kier alpha value is -3.17. The van der Waals surface area contributed by atoms with Crippen LogP contribution in [0.5, 0.6) is 0 Å². The van der Waals surface area contributed by atoms with Crippen LogP contribution in [0.1, 0.15) is 30.5 Å². The first-order chi connectivity index (χ1) is 22.0. The van der Waals surface area contributed by atoms with Crippen molar-refractivity contribution in [2.45, 2.75) is 34.5 Å². The fourth-order valence-corrected chi connectivity index (χ4v) is 18.7. The average molecular weight is 744 g/mol. The van der Waals surface area contributed by atoms with Gasteiger partial charge in [0.1, 0.15) is 0 Å². The van der Waals surface area contributed by atoms with Crippen LogP contribution in [0.15, 0.2) is 97.1 Å². The molecule has 0 amide bonds. The summed E-state index contributed by atoms with van der Waals surface area (Å²) < 4.78 is 217. The molecule has 0 saturated carbocycles. The summed E-state index contributed by atoms with van der Waals surface area (Å²) in [6.07, 6.45) is -20.4. The number of alkyl halides is 12. The van der Waals surface area contributed by atoms with Gasteiger partial charge in [0, 0.05) is 0 Å². The molecule has 0 aromatic heterocycles. The van der Waals surface area contributed by atoms with Crippen LogP contribution in [-0.4, -0.2) is 15.4 Å². The van der Waals surface area contributed by atoms with Crippen molar-refractivity contribution in [1.82, 2.24) is 0 Å². The van der Waals surface area contributed by atoms with Crippen molar-refractivity contribution in [3.05, 3.63) is 119 Å². The molecule has 0 nitrogen and oxygen atoms in total. The van der Waals surface area contributed by atoms with Crippen LogP contribution in [-0.2, 0) is 24.7 Å². The minimum atomic E-state index is -9.11. The van der Waals surface area contributed by atoms with E-state index in [-0.39, 0.29) is 48.5 Å². The first-order valence-corrected chi connectivity index (χ1v) is 18.8. The van der Waals surface area contributed by atoms with Crippen LogP contribution in [0.4, 0.5) is 52.7 Å². The van der Waals surface area contributed by atoms with E-state index in [1.807, 2.05) is 0 Å². The Bertz CT molecular complexity index is 1570. The summed E-state index contributed by atoms with van der Waals surface area (Å²) in [5, 5.41) is 0. The molecule has 0 spiro atoms. The molecule has 0 saturated heterocycles. The molecule has 0 aliphatic heterocycles. The predicted octanol–water partition coefficient (Wildman–Crippen LogP) is 8.31. The Balaban J connectivity index is 2.54. The number of rotatable bonds is 4. The monoisotopic (exact) mass is 746 g/mol. The van der Waals surface area contributed by atoms with Crippen molar-refractivity contribution in [1.29, 1.82) is 0 Å². The third-order valence-electron chi connectivity index (χ3n) is 7.08. The Morgan fingerprint density at radius 2 is 0.512 bits per heavy atom. The van der Waals surface area contributed by atoms with Crippen molar-refractivity contribution in [2.24, 2.45) is 0 Å². The van der Waals surface area contributed by atoms with E-state index in [1.165, 1.54) is 0 Å². The third-order valence-corrected chi connectivity index (χ3v) is 23.6. The van der Waals surface area contributed by atoms with Gasteiger partial charge in [-0.3, -0.25) is 0 Å². The Morgan fingerprint density at radius 3 is 0.628 bits per heavy atom. The van der Waals surface area contributed by atoms with Crippen molar-refractivity contribution in [3.8, 4) is 0 Å². The molecule has 0 atom stereocenters. The molecule has 13 heteroatoms. The van der Waals surface area contributed by atoms with Gasteiger partial charge in [-0.15, -0.1) is 0 Å². The zero-order valence-corrected chi connectivity index (χ0v) is 23.5. The average Bonchev–Trinajstić information content (AvgIpc) is 2.96. The second-order valence-corrected chi connectivity index (χ2v) is 23.7. The number of benzene rings is 4. The molecule has 4 aromatic carbocycles. The summed E-state index contributed by atoms with van der Waals surface area (Å²) in [4.78, 5) is -8.29. The van der Waals surface area contributed by atoms with Crippen LogP contribution >= 0.6 is 0 Å². The number of hydrogen-bond donors (Lipinski definition) is 0. The Morgan fingerprint density at radius 1 is 0.349 bits per heavy atom. The molecule has 4 rings (SSSR count). The van der Waals surface area contributed by atoms with E-state index in [0.717, 1.165) is 0 Å². The second kappa shape index (κ2) is 9.66. The Kier molecular flexibility index (Phi) is 5.66. The molecule has 0 fully saturated rings. The maximum atomic E-state index is 13.8. The first-order valence-electron chi connectivity index (χ1n) is 14.8. The molecule has 0 bridgehead atoms. The van der Waals surface area contributed by atoms with Crippen LogP contribution in [0.25, 0.3) is 0 Å². The van der Waals surface area contributed by atoms with Gasteiger partial charge in [0.2, 0.25) is 0 Å². The fourth-order valence-electron chi connectivity index (χ4n) is 4.75. The third kappa shape index (κ3) is 5.18. The summed E-state index contributed by atoms with van der Waals surface area (Å²) >= 11 is -9.11. The van der Waals surface area contributed by atoms with Gasteiger partial charge in [-0.2, -0.15) is 0 Å². The van der Waals surface area contributed by atoms with Crippen LogP contribution in [0.3, 0.4) is 0 Å². The topological polar surface area (TPSA) is 0 Å². The van der Waals surface area contributed by atoms with E-state index in [1.54, 1.807) is 0 Å². The van der Waals surface area contributed by atoms with Gasteiger partial charge in [-0.25, -0.2) is 0 Å². The number of halogens is 12. The van der Waals surface area contributed by atoms with Crippen molar-refractivity contribution in [3.63, 3.8) is 0 Å². The summed E-state index contributed by atoms with van der Waals surface area (Å²) in [6.45, 7) is 0.